The van der Waals surface area contributed by atoms with Gasteiger partial charge in [-0.15, -0.1) is 0 Å². The molecule has 0 unspecified atom stereocenters. The SMILES string of the molecule is Cc1c(N)cccc1CSC(C)C. The molecule has 1 nitrogen and oxygen atoms in total. The number of nitrogens with two attached hydrogens (primary N) is 1. The van der Waals surface area contributed by atoms with Gasteiger partial charge < -0.3 is 5.73 Å². The van der Waals surface area contributed by atoms with Gasteiger partial charge in [0.15, 0.2) is 0 Å². The first-order valence-electron chi connectivity index (χ1n) is 4.57. The van der Waals surface area contributed by atoms with Gasteiger partial charge in [-0.25, -0.2) is 0 Å². The summed E-state index contributed by atoms with van der Waals surface area (Å²) in [6.45, 7) is 6.52. The van der Waals surface area contributed by atoms with Crippen LogP contribution in [0.5, 0.6) is 0 Å². The van der Waals surface area contributed by atoms with Crippen LogP contribution in [-0.2, 0) is 5.75 Å². The van der Waals surface area contributed by atoms with Gasteiger partial charge in [0.1, 0.15) is 0 Å². The van der Waals surface area contributed by atoms with E-state index in [2.05, 4.69) is 26.8 Å². The van der Waals surface area contributed by atoms with E-state index in [4.69, 9.17) is 5.73 Å². The lowest BCUT2D eigenvalue weighted by molar-refractivity contribution is 1.11. The molecule has 2 heteroatoms. The first kappa shape index (κ1) is 10.5. The summed E-state index contributed by atoms with van der Waals surface area (Å²) in [4.78, 5) is 0. The maximum Gasteiger partial charge on any atom is 0.0346 e. The maximum absolute atomic E-state index is 5.82. The second-order valence-electron chi connectivity index (χ2n) is 3.49. The van der Waals surface area contributed by atoms with Gasteiger partial charge >= 0.3 is 0 Å². The number of thioether (sulfide) groups is 1. The zero-order valence-electron chi connectivity index (χ0n) is 8.50. The molecule has 0 spiro atoms. The Hall–Kier alpha value is -0.630. The minimum Gasteiger partial charge on any atom is -0.399 e. The van der Waals surface area contributed by atoms with Crippen molar-refractivity contribution in [1.82, 2.24) is 0 Å². The van der Waals surface area contributed by atoms with Crippen LogP contribution in [0.1, 0.15) is 25.0 Å². The van der Waals surface area contributed by atoms with Crippen molar-refractivity contribution in [2.75, 3.05) is 5.73 Å². The summed E-state index contributed by atoms with van der Waals surface area (Å²) in [5, 5.41) is 0.681. The summed E-state index contributed by atoms with van der Waals surface area (Å²) in [5.41, 5.74) is 9.31. The molecule has 0 aliphatic heterocycles. The lowest BCUT2D eigenvalue weighted by atomic mass is 10.1. The molecule has 0 heterocycles. The average Bonchev–Trinajstić information content (AvgIpc) is 2.07. The van der Waals surface area contributed by atoms with Crippen molar-refractivity contribution in [2.24, 2.45) is 0 Å². The van der Waals surface area contributed by atoms with Gasteiger partial charge in [-0.05, 0) is 29.4 Å². The number of hydrogen-bond donors (Lipinski definition) is 1. The van der Waals surface area contributed by atoms with Crippen LogP contribution in [0.2, 0.25) is 0 Å². The van der Waals surface area contributed by atoms with Gasteiger partial charge in [0.05, 0.1) is 0 Å². The normalized spacial score (nSPS) is 10.8. The molecule has 1 aromatic carbocycles. The predicted molar refractivity (Wildman–Crippen MR) is 62.0 cm³/mol. The number of nitrogen functional groups attached to an aromatic ring is 1. The average molecular weight is 195 g/mol. The third-order valence-corrected chi connectivity index (χ3v) is 3.20. The third kappa shape index (κ3) is 2.96. The van der Waals surface area contributed by atoms with Gasteiger partial charge in [-0.2, -0.15) is 11.8 Å². The molecule has 72 valence electrons. The molecule has 0 saturated heterocycles. The Morgan fingerprint density at radius 2 is 2.08 bits per heavy atom. The molecule has 0 bridgehead atoms. The van der Waals surface area contributed by atoms with Gasteiger partial charge in [0.2, 0.25) is 0 Å². The van der Waals surface area contributed by atoms with Crippen LogP contribution < -0.4 is 5.73 Å². The Kier molecular flexibility index (Phi) is 3.67. The van der Waals surface area contributed by atoms with Crippen LogP contribution in [0.25, 0.3) is 0 Å². The van der Waals surface area contributed by atoms with E-state index in [0.717, 1.165) is 11.4 Å². The highest BCUT2D eigenvalue weighted by molar-refractivity contribution is 7.99. The van der Waals surface area contributed by atoms with Gasteiger partial charge in [-0.3, -0.25) is 0 Å². The first-order chi connectivity index (χ1) is 6.11. The Morgan fingerprint density at radius 3 is 2.69 bits per heavy atom. The van der Waals surface area contributed by atoms with Gasteiger partial charge in [-0.1, -0.05) is 26.0 Å². The van der Waals surface area contributed by atoms with E-state index in [1.54, 1.807) is 0 Å². The fourth-order valence-corrected chi connectivity index (χ4v) is 1.94. The van der Waals surface area contributed by atoms with Crippen LogP contribution in [0.3, 0.4) is 0 Å². The quantitative estimate of drug-likeness (QED) is 0.749. The number of rotatable bonds is 3. The van der Waals surface area contributed by atoms with Crippen LogP contribution >= 0.6 is 11.8 Å². The molecule has 1 aromatic rings. The number of anilines is 1. The van der Waals surface area contributed by atoms with Crippen LogP contribution in [0, 0.1) is 6.92 Å². The van der Waals surface area contributed by atoms with Gasteiger partial charge in [0, 0.05) is 11.4 Å². The molecule has 1 rings (SSSR count). The fraction of sp³-hybridized carbons (Fsp3) is 0.455. The zero-order valence-corrected chi connectivity index (χ0v) is 9.32. The van der Waals surface area contributed by atoms with E-state index >= 15 is 0 Å². The molecule has 0 saturated carbocycles. The second kappa shape index (κ2) is 4.56. The molecule has 0 atom stereocenters. The zero-order chi connectivity index (χ0) is 9.84. The summed E-state index contributed by atoms with van der Waals surface area (Å²) in [6, 6.07) is 6.14. The third-order valence-electron chi connectivity index (χ3n) is 2.06. The topological polar surface area (TPSA) is 26.0 Å². The molecular formula is C11H17NS. The smallest absolute Gasteiger partial charge is 0.0346 e. The standard InChI is InChI=1S/C11H17NS/c1-8(2)13-7-10-5-4-6-11(12)9(10)3/h4-6,8H,7,12H2,1-3H3. The Morgan fingerprint density at radius 1 is 1.38 bits per heavy atom. The van der Waals surface area contributed by atoms with Crippen LogP contribution in [0.15, 0.2) is 18.2 Å². The predicted octanol–water partition coefficient (Wildman–Crippen LogP) is 3.22. The summed E-state index contributed by atoms with van der Waals surface area (Å²) in [6.07, 6.45) is 0. The van der Waals surface area contributed by atoms with Crippen molar-refractivity contribution >= 4 is 17.4 Å². The summed E-state index contributed by atoms with van der Waals surface area (Å²) >= 11 is 1.95. The van der Waals surface area contributed by atoms with Crippen molar-refractivity contribution in [3.05, 3.63) is 29.3 Å². The van der Waals surface area contributed by atoms with Crippen molar-refractivity contribution in [1.29, 1.82) is 0 Å². The summed E-state index contributed by atoms with van der Waals surface area (Å²) in [7, 11) is 0. The van der Waals surface area contributed by atoms with Crippen molar-refractivity contribution in [3.63, 3.8) is 0 Å². The second-order valence-corrected chi connectivity index (χ2v) is 5.06. The maximum atomic E-state index is 5.82. The monoisotopic (exact) mass is 195 g/mol. The lowest BCUT2D eigenvalue weighted by Crippen LogP contribution is -1.95. The Bertz CT molecular complexity index is 281. The Balaban J connectivity index is 2.71. The molecule has 0 radical (unpaired) electrons. The van der Waals surface area contributed by atoms with E-state index < -0.39 is 0 Å². The molecule has 2 N–H and O–H groups in total. The number of benzene rings is 1. The van der Waals surface area contributed by atoms with Crippen LogP contribution in [-0.4, -0.2) is 5.25 Å². The van der Waals surface area contributed by atoms with Crippen LogP contribution in [0.4, 0.5) is 5.69 Å². The highest BCUT2D eigenvalue weighted by atomic mass is 32.2. The highest BCUT2D eigenvalue weighted by Crippen LogP contribution is 2.22. The summed E-state index contributed by atoms with van der Waals surface area (Å²) < 4.78 is 0. The first-order valence-corrected chi connectivity index (χ1v) is 5.61. The van der Waals surface area contributed by atoms with E-state index in [9.17, 15) is 0 Å². The highest BCUT2D eigenvalue weighted by Gasteiger charge is 2.02. The molecule has 0 aliphatic rings. The molecular weight excluding hydrogens is 178 g/mol. The summed E-state index contributed by atoms with van der Waals surface area (Å²) in [5.74, 6) is 1.06. The minimum absolute atomic E-state index is 0.681. The van der Waals surface area contributed by atoms with Crippen molar-refractivity contribution < 1.29 is 0 Å². The van der Waals surface area contributed by atoms with E-state index in [0.29, 0.717) is 5.25 Å². The van der Waals surface area contributed by atoms with E-state index in [-0.39, 0.29) is 0 Å². The van der Waals surface area contributed by atoms with Crippen molar-refractivity contribution in [2.45, 2.75) is 31.8 Å². The molecule has 0 aliphatic carbocycles. The number of hydrogen-bond acceptors (Lipinski definition) is 2. The largest absolute Gasteiger partial charge is 0.399 e. The Labute approximate surface area is 84.7 Å². The molecule has 13 heavy (non-hydrogen) atoms. The van der Waals surface area contributed by atoms with Crippen molar-refractivity contribution in [3.8, 4) is 0 Å². The minimum atomic E-state index is 0.681. The fourth-order valence-electron chi connectivity index (χ4n) is 1.12. The van der Waals surface area contributed by atoms with E-state index in [1.165, 1.54) is 11.1 Å². The molecule has 0 amide bonds. The van der Waals surface area contributed by atoms with Gasteiger partial charge in [0.25, 0.3) is 0 Å². The lowest BCUT2D eigenvalue weighted by Gasteiger charge is -2.09. The molecule has 0 fully saturated rings. The van der Waals surface area contributed by atoms with E-state index in [1.807, 2.05) is 23.9 Å². The molecule has 0 aromatic heterocycles.